The Morgan fingerprint density at radius 3 is 2.46 bits per heavy atom. The average Bonchev–Trinajstić information content (AvgIpc) is 2.16. The molecule has 0 aromatic rings. The minimum absolute atomic E-state index is 0.239. The fourth-order valence-corrected chi connectivity index (χ4v) is 1.11. The lowest BCUT2D eigenvalue weighted by atomic mass is 10.4. The second kappa shape index (κ2) is 9.96. The average molecular weight is 189 g/mol. The van der Waals surface area contributed by atoms with Crippen LogP contribution in [0.25, 0.3) is 0 Å². The third-order valence-electron chi connectivity index (χ3n) is 2.06. The van der Waals surface area contributed by atoms with E-state index in [0.29, 0.717) is 0 Å². The molecule has 0 rings (SSSR count). The molecule has 0 bridgehead atoms. The molecule has 0 atom stereocenters. The number of ether oxygens (including phenoxy) is 1. The molecule has 3 nitrogen and oxygen atoms in total. The van der Waals surface area contributed by atoms with Crippen molar-refractivity contribution in [3.63, 3.8) is 0 Å². The van der Waals surface area contributed by atoms with Gasteiger partial charge in [0, 0.05) is 19.7 Å². The number of unbranched alkanes of at least 4 members (excludes halogenated alkanes) is 1. The molecule has 13 heavy (non-hydrogen) atoms. The molecule has 0 aliphatic rings. The third kappa shape index (κ3) is 8.22. The fourth-order valence-electron chi connectivity index (χ4n) is 1.11. The van der Waals surface area contributed by atoms with E-state index < -0.39 is 0 Å². The zero-order valence-electron chi connectivity index (χ0n) is 8.96. The van der Waals surface area contributed by atoms with Gasteiger partial charge in [-0.25, -0.2) is 0 Å². The summed E-state index contributed by atoms with van der Waals surface area (Å²) in [7, 11) is 0. The van der Waals surface area contributed by atoms with Crippen molar-refractivity contribution < 1.29 is 9.84 Å². The minimum atomic E-state index is 0.239. The number of aliphatic hydroxyl groups excluding tert-OH is 1. The zero-order valence-corrected chi connectivity index (χ0v) is 8.96. The van der Waals surface area contributed by atoms with Crippen molar-refractivity contribution in [3.05, 3.63) is 0 Å². The van der Waals surface area contributed by atoms with Gasteiger partial charge in [0.25, 0.3) is 0 Å². The van der Waals surface area contributed by atoms with Crippen LogP contribution in [0, 0.1) is 0 Å². The van der Waals surface area contributed by atoms with E-state index in [0.717, 1.165) is 39.3 Å². The van der Waals surface area contributed by atoms with Crippen LogP contribution in [0.2, 0.25) is 0 Å². The summed E-state index contributed by atoms with van der Waals surface area (Å²) in [5.74, 6) is 0. The van der Waals surface area contributed by atoms with Crippen molar-refractivity contribution in [3.8, 4) is 0 Å². The van der Waals surface area contributed by atoms with Gasteiger partial charge in [-0.15, -0.1) is 0 Å². The Morgan fingerprint density at radius 2 is 1.92 bits per heavy atom. The van der Waals surface area contributed by atoms with E-state index >= 15 is 0 Å². The molecule has 0 unspecified atom stereocenters. The van der Waals surface area contributed by atoms with Crippen LogP contribution in [0.3, 0.4) is 0 Å². The molecular formula is C10H23NO2. The van der Waals surface area contributed by atoms with Gasteiger partial charge >= 0.3 is 0 Å². The van der Waals surface area contributed by atoms with Gasteiger partial charge in [-0.1, -0.05) is 20.3 Å². The first-order valence-electron chi connectivity index (χ1n) is 5.26. The Hall–Kier alpha value is -0.120. The number of likely N-dealkylation sites (N-methyl/N-ethyl adjacent to an activating group) is 1. The summed E-state index contributed by atoms with van der Waals surface area (Å²) in [5, 5.41) is 8.73. The van der Waals surface area contributed by atoms with Crippen LogP contribution in [0.1, 0.15) is 26.7 Å². The highest BCUT2D eigenvalue weighted by Crippen LogP contribution is 1.90. The molecule has 0 amide bonds. The lowest BCUT2D eigenvalue weighted by Crippen LogP contribution is -2.30. The minimum Gasteiger partial charge on any atom is -0.395 e. The van der Waals surface area contributed by atoms with Crippen molar-refractivity contribution in [1.82, 2.24) is 4.90 Å². The van der Waals surface area contributed by atoms with Crippen LogP contribution < -0.4 is 0 Å². The van der Waals surface area contributed by atoms with Gasteiger partial charge in [-0.3, -0.25) is 4.90 Å². The number of nitrogens with zero attached hydrogens (tertiary/aromatic N) is 1. The smallest absolute Gasteiger partial charge is 0.0593 e. The van der Waals surface area contributed by atoms with Crippen molar-refractivity contribution in [2.75, 3.05) is 39.5 Å². The highest BCUT2D eigenvalue weighted by molar-refractivity contribution is 4.52. The normalized spacial score (nSPS) is 11.1. The molecule has 3 heteroatoms. The van der Waals surface area contributed by atoms with Crippen molar-refractivity contribution in [1.29, 1.82) is 0 Å². The number of hydrogen-bond donors (Lipinski definition) is 1. The first-order valence-corrected chi connectivity index (χ1v) is 5.26. The summed E-state index contributed by atoms with van der Waals surface area (Å²) in [6.45, 7) is 8.82. The molecule has 0 aromatic carbocycles. The lowest BCUT2D eigenvalue weighted by Gasteiger charge is -2.18. The van der Waals surface area contributed by atoms with Crippen molar-refractivity contribution in [2.45, 2.75) is 26.7 Å². The molecular weight excluding hydrogens is 166 g/mol. The molecule has 1 N–H and O–H groups in total. The van der Waals surface area contributed by atoms with E-state index in [9.17, 15) is 0 Å². The lowest BCUT2D eigenvalue weighted by molar-refractivity contribution is 0.0959. The maximum absolute atomic E-state index is 8.73. The first-order chi connectivity index (χ1) is 6.35. The zero-order chi connectivity index (χ0) is 9.94. The highest BCUT2D eigenvalue weighted by atomic mass is 16.5. The molecule has 0 spiro atoms. The van der Waals surface area contributed by atoms with Crippen LogP contribution in [0.15, 0.2) is 0 Å². The number of hydrogen-bond acceptors (Lipinski definition) is 3. The summed E-state index contributed by atoms with van der Waals surface area (Å²) < 4.78 is 5.43. The molecule has 0 saturated carbocycles. The maximum atomic E-state index is 8.73. The van der Waals surface area contributed by atoms with Crippen LogP contribution in [0.4, 0.5) is 0 Å². The molecule has 80 valence electrons. The van der Waals surface area contributed by atoms with Gasteiger partial charge in [0.1, 0.15) is 0 Å². The quantitative estimate of drug-likeness (QED) is 0.552. The molecule has 0 aromatic heterocycles. The maximum Gasteiger partial charge on any atom is 0.0593 e. The van der Waals surface area contributed by atoms with E-state index in [2.05, 4.69) is 18.7 Å². The number of aliphatic hydroxyl groups is 1. The van der Waals surface area contributed by atoms with Crippen LogP contribution in [-0.4, -0.2) is 49.5 Å². The summed E-state index contributed by atoms with van der Waals surface area (Å²) >= 11 is 0. The Bertz CT molecular complexity index is 98.9. The Balaban J connectivity index is 3.17. The second-order valence-electron chi connectivity index (χ2n) is 3.12. The summed E-state index contributed by atoms with van der Waals surface area (Å²) in [5.41, 5.74) is 0. The van der Waals surface area contributed by atoms with Crippen molar-refractivity contribution >= 4 is 0 Å². The van der Waals surface area contributed by atoms with E-state index in [1.807, 2.05) is 0 Å². The van der Waals surface area contributed by atoms with E-state index in [4.69, 9.17) is 9.84 Å². The summed E-state index contributed by atoms with van der Waals surface area (Å²) in [6, 6.07) is 0. The van der Waals surface area contributed by atoms with Gasteiger partial charge < -0.3 is 9.84 Å². The summed E-state index contributed by atoms with van der Waals surface area (Å²) in [4.78, 5) is 2.19. The third-order valence-corrected chi connectivity index (χ3v) is 2.06. The summed E-state index contributed by atoms with van der Waals surface area (Å²) in [6.07, 6.45) is 2.33. The van der Waals surface area contributed by atoms with Gasteiger partial charge in [-0.05, 0) is 13.0 Å². The van der Waals surface area contributed by atoms with Gasteiger partial charge in [0.2, 0.25) is 0 Å². The Labute approximate surface area is 81.7 Å². The predicted octanol–water partition coefficient (Wildman–Crippen LogP) is 1.12. The largest absolute Gasteiger partial charge is 0.395 e. The van der Waals surface area contributed by atoms with E-state index in [-0.39, 0.29) is 6.61 Å². The first kappa shape index (κ1) is 12.9. The predicted molar refractivity (Wildman–Crippen MR) is 54.9 cm³/mol. The Morgan fingerprint density at radius 1 is 1.15 bits per heavy atom. The topological polar surface area (TPSA) is 32.7 Å². The SMILES string of the molecule is CCCCOCCN(CC)CCO. The molecule has 0 aliphatic carbocycles. The molecule has 0 heterocycles. The molecule has 0 aliphatic heterocycles. The van der Waals surface area contributed by atoms with E-state index in [1.54, 1.807) is 0 Å². The van der Waals surface area contributed by atoms with Crippen LogP contribution in [0.5, 0.6) is 0 Å². The van der Waals surface area contributed by atoms with E-state index in [1.165, 1.54) is 6.42 Å². The van der Waals surface area contributed by atoms with Crippen LogP contribution in [-0.2, 0) is 4.74 Å². The van der Waals surface area contributed by atoms with Gasteiger partial charge in [0.15, 0.2) is 0 Å². The molecule has 0 saturated heterocycles. The van der Waals surface area contributed by atoms with Crippen molar-refractivity contribution in [2.24, 2.45) is 0 Å². The monoisotopic (exact) mass is 189 g/mol. The second-order valence-corrected chi connectivity index (χ2v) is 3.12. The molecule has 0 radical (unpaired) electrons. The van der Waals surface area contributed by atoms with Gasteiger partial charge in [-0.2, -0.15) is 0 Å². The highest BCUT2D eigenvalue weighted by Gasteiger charge is 1.99. The van der Waals surface area contributed by atoms with Crippen LogP contribution >= 0.6 is 0 Å². The Kier molecular flexibility index (Phi) is 9.87. The fraction of sp³-hybridized carbons (Fsp3) is 1.00. The molecule has 0 fully saturated rings. The van der Waals surface area contributed by atoms with Gasteiger partial charge in [0.05, 0.1) is 13.2 Å². The standard InChI is InChI=1S/C10H23NO2/c1-3-5-9-13-10-7-11(4-2)6-8-12/h12H,3-10H2,1-2H3. The number of rotatable bonds is 9.